The molecule has 2 aliphatic heterocycles. The maximum Gasteiger partial charge on any atom is 0.358 e. The Morgan fingerprint density at radius 2 is 1.42 bits per heavy atom. The van der Waals surface area contributed by atoms with Gasteiger partial charge in [0.05, 0.1) is 23.2 Å². The van der Waals surface area contributed by atoms with E-state index in [0.717, 1.165) is 71.5 Å². The lowest BCUT2D eigenvalue weighted by Gasteiger charge is -2.08. The van der Waals surface area contributed by atoms with Crippen molar-refractivity contribution in [2.45, 2.75) is 128 Å². The van der Waals surface area contributed by atoms with Crippen LogP contribution in [-0.2, 0) is 19.2 Å². The smallest absolute Gasteiger partial charge is 0.358 e. The van der Waals surface area contributed by atoms with Crippen LogP contribution in [-0.4, -0.2) is 75.3 Å². The quantitative estimate of drug-likeness (QED) is 0.0241. The molecule has 7 rings (SSSR count). The first-order chi connectivity index (χ1) is 32.4. The molecule has 2 amide bonds. The molecular weight excluding hydrogens is 831 g/mol. The molecule has 0 aliphatic carbocycles. The van der Waals surface area contributed by atoms with Gasteiger partial charge in [-0.15, -0.1) is 0 Å². The molecule has 0 saturated carbocycles. The summed E-state index contributed by atoms with van der Waals surface area (Å²) in [5, 5.41) is 10.2. The van der Waals surface area contributed by atoms with E-state index in [1.54, 1.807) is 18.3 Å². The second kappa shape index (κ2) is 25.4. The topological polar surface area (TPSA) is 173 Å². The van der Waals surface area contributed by atoms with Crippen molar-refractivity contribution >= 4 is 29.6 Å². The summed E-state index contributed by atoms with van der Waals surface area (Å²) in [6.07, 6.45) is 26.1. The Balaban J connectivity index is 0.952. The molecule has 4 N–H and O–H groups in total. The van der Waals surface area contributed by atoms with Crippen molar-refractivity contribution in [3.05, 3.63) is 108 Å². The first kappa shape index (κ1) is 47.6. The number of amides is 2. The van der Waals surface area contributed by atoms with Crippen LogP contribution in [0.1, 0.15) is 138 Å². The van der Waals surface area contributed by atoms with E-state index < -0.39 is 12.1 Å². The molecule has 0 radical (unpaired) electrons. The van der Waals surface area contributed by atoms with Gasteiger partial charge in [0.25, 0.3) is 5.91 Å². The molecule has 2 aliphatic rings. The third kappa shape index (κ3) is 14.3. The summed E-state index contributed by atoms with van der Waals surface area (Å²) in [6, 6.07) is 23.3. The van der Waals surface area contributed by atoms with Gasteiger partial charge in [0.15, 0.2) is 0 Å². The summed E-state index contributed by atoms with van der Waals surface area (Å²) >= 11 is 0. The van der Waals surface area contributed by atoms with Gasteiger partial charge in [0.1, 0.15) is 5.82 Å². The molecule has 13 nitrogen and oxygen atoms in total. The van der Waals surface area contributed by atoms with E-state index in [1.807, 2.05) is 72.8 Å². The van der Waals surface area contributed by atoms with E-state index in [2.05, 4.69) is 37.7 Å². The number of unbranched alkanes of at least 4 members (excludes halogenated alkanes) is 13. The lowest BCUT2D eigenvalue weighted by molar-refractivity contribution is -0.146. The molecule has 5 aromatic rings. The van der Waals surface area contributed by atoms with E-state index in [-0.39, 0.29) is 30.3 Å². The van der Waals surface area contributed by atoms with E-state index >= 15 is 0 Å². The van der Waals surface area contributed by atoms with Gasteiger partial charge in [0, 0.05) is 66.8 Å². The van der Waals surface area contributed by atoms with Crippen LogP contribution in [0.3, 0.4) is 0 Å². The number of ether oxygens (including phenoxy) is 2. The number of nitrogens with zero attached hydrogens (tertiary/aromatic N) is 3. The van der Waals surface area contributed by atoms with Gasteiger partial charge >= 0.3 is 12.0 Å². The molecule has 1 fully saturated rings. The summed E-state index contributed by atoms with van der Waals surface area (Å²) in [5.41, 5.74) is 7.04. The van der Waals surface area contributed by atoms with Crippen LogP contribution in [0.4, 0.5) is 0 Å². The summed E-state index contributed by atoms with van der Waals surface area (Å²) in [7, 11) is 0. The fraction of sp³-hybridized carbons (Fsp3) is 0.434. The third-order valence-corrected chi connectivity index (χ3v) is 12.2. The molecule has 4 heterocycles. The van der Waals surface area contributed by atoms with Crippen LogP contribution < -0.4 is 15.4 Å². The number of carbonyl (C=O) groups excluding carboxylic acids is 3. The predicted molar refractivity (Wildman–Crippen MR) is 259 cm³/mol. The number of aromatic nitrogens is 4. The Hall–Kier alpha value is -6.34. The zero-order chi connectivity index (χ0) is 45.8. The van der Waals surface area contributed by atoms with Crippen molar-refractivity contribution in [2.24, 2.45) is 5.16 Å². The third-order valence-electron chi connectivity index (χ3n) is 12.2. The van der Waals surface area contributed by atoms with E-state index in [0.29, 0.717) is 30.2 Å². The Morgan fingerprint density at radius 1 is 0.773 bits per heavy atom. The molecule has 348 valence electrons. The fourth-order valence-corrected chi connectivity index (χ4v) is 8.30. The fourth-order valence-electron chi connectivity index (χ4n) is 8.30. The summed E-state index contributed by atoms with van der Waals surface area (Å²) in [6.45, 7) is 4.19. The average Bonchev–Trinajstić information content (AvgIpc) is 4.21. The molecule has 1 saturated heterocycles. The maximum absolute atomic E-state index is 13.1. The van der Waals surface area contributed by atoms with Crippen molar-refractivity contribution in [1.82, 2.24) is 30.6 Å². The number of benzene rings is 3. The van der Waals surface area contributed by atoms with Gasteiger partial charge < -0.3 is 34.9 Å². The van der Waals surface area contributed by atoms with Crippen LogP contribution in [0.5, 0.6) is 6.01 Å². The standard InChI is InChI=1S/C53H65N7O6/c1-2-3-4-5-6-7-8-9-10-11-12-13-14-15-32-54-51(62)43-29-27-42(28-30-43)50-58-48(40-21-18-38(19-22-40)20-31-47(61)57-37-44-17-16-35-64-44)49(59-50)41-25-23-39(24-26-41)45-36-46(66-60-45)52(63)65-53-55-33-34-56-53/h18-31,33-34,44,46H,2-17,32,35-37H2,1H3,(H,54,62)(H,55,56)(H,57,61)(H,58,59). The predicted octanol–water partition coefficient (Wildman–Crippen LogP) is 10.8. The van der Waals surface area contributed by atoms with Crippen molar-refractivity contribution in [3.63, 3.8) is 0 Å². The van der Waals surface area contributed by atoms with Gasteiger partial charge in [-0.1, -0.05) is 156 Å². The highest BCUT2D eigenvalue weighted by atomic mass is 16.7. The lowest BCUT2D eigenvalue weighted by Crippen LogP contribution is -2.30. The number of imidazole rings is 2. The minimum absolute atomic E-state index is 0.0791. The van der Waals surface area contributed by atoms with E-state index in [9.17, 15) is 14.4 Å². The molecule has 2 unspecified atom stereocenters. The second-order valence-electron chi connectivity index (χ2n) is 17.3. The number of aromatic amines is 2. The molecule has 2 atom stereocenters. The largest absolute Gasteiger partial charge is 0.389 e. The molecule has 0 spiro atoms. The summed E-state index contributed by atoms with van der Waals surface area (Å²) in [5.74, 6) is -0.171. The summed E-state index contributed by atoms with van der Waals surface area (Å²) in [4.78, 5) is 59.0. The van der Waals surface area contributed by atoms with Crippen molar-refractivity contribution in [1.29, 1.82) is 0 Å². The van der Waals surface area contributed by atoms with Crippen molar-refractivity contribution in [3.8, 4) is 39.9 Å². The van der Waals surface area contributed by atoms with Crippen LogP contribution in [0.25, 0.3) is 40.0 Å². The zero-order valence-corrected chi connectivity index (χ0v) is 38.3. The van der Waals surface area contributed by atoms with Gasteiger partial charge in [-0.3, -0.25) is 9.59 Å². The Morgan fingerprint density at radius 3 is 2.08 bits per heavy atom. The summed E-state index contributed by atoms with van der Waals surface area (Å²) < 4.78 is 10.9. The first-order valence-corrected chi connectivity index (χ1v) is 24.1. The maximum atomic E-state index is 13.1. The Kier molecular flexibility index (Phi) is 18.3. The highest BCUT2D eigenvalue weighted by Gasteiger charge is 2.31. The van der Waals surface area contributed by atoms with Crippen LogP contribution >= 0.6 is 0 Å². The monoisotopic (exact) mass is 895 g/mol. The SMILES string of the molecule is CCCCCCCCCCCCCCCCNC(=O)c1ccc(-c2nc(-c3ccc(C4=NOC(C(=O)Oc5ncc[nH]5)C4)cc3)c(-c3ccc(C=CC(=O)NCC4CCCO4)cc3)[nH]2)cc1. The zero-order valence-electron chi connectivity index (χ0n) is 38.3. The Bertz CT molecular complexity index is 2330. The highest BCUT2D eigenvalue weighted by molar-refractivity contribution is 6.04. The van der Waals surface area contributed by atoms with Crippen molar-refractivity contribution < 1.29 is 28.7 Å². The minimum Gasteiger partial charge on any atom is -0.389 e. The van der Waals surface area contributed by atoms with Crippen molar-refractivity contribution in [2.75, 3.05) is 19.7 Å². The van der Waals surface area contributed by atoms with Gasteiger partial charge in [-0.05, 0) is 48.6 Å². The number of oxime groups is 1. The molecule has 13 heteroatoms. The molecule has 66 heavy (non-hydrogen) atoms. The number of hydrogen-bond acceptors (Lipinski definition) is 9. The highest BCUT2D eigenvalue weighted by Crippen LogP contribution is 2.34. The average molecular weight is 896 g/mol. The van der Waals surface area contributed by atoms with Crippen LogP contribution in [0.2, 0.25) is 0 Å². The Labute approximate surface area is 388 Å². The molecule has 2 aromatic heterocycles. The molecule has 0 bridgehead atoms. The first-order valence-electron chi connectivity index (χ1n) is 24.1. The van der Waals surface area contributed by atoms with Crippen LogP contribution in [0.15, 0.2) is 96.4 Å². The van der Waals surface area contributed by atoms with Gasteiger partial charge in [-0.2, -0.15) is 0 Å². The molecule has 3 aromatic carbocycles. The number of hydrogen-bond donors (Lipinski definition) is 4. The number of rotatable bonds is 26. The minimum atomic E-state index is -0.879. The number of H-pyrrole nitrogens is 2. The molecular formula is C53H65N7O6. The number of carbonyl (C=O) groups is 3. The van der Waals surface area contributed by atoms with E-state index in [1.165, 1.54) is 83.2 Å². The normalized spacial score (nSPS) is 15.7. The second-order valence-corrected chi connectivity index (χ2v) is 17.3. The van der Waals surface area contributed by atoms with E-state index in [4.69, 9.17) is 19.3 Å². The van der Waals surface area contributed by atoms with Crippen LogP contribution in [0, 0.1) is 0 Å². The van der Waals surface area contributed by atoms with Gasteiger partial charge in [-0.25, -0.2) is 14.8 Å². The van der Waals surface area contributed by atoms with Gasteiger partial charge in [0.2, 0.25) is 12.0 Å². The number of nitrogens with one attached hydrogen (secondary N) is 4. The lowest BCUT2D eigenvalue weighted by atomic mass is 10.00. The number of esters is 1.